The summed E-state index contributed by atoms with van der Waals surface area (Å²) in [4.78, 5) is 33.2. The number of nitrogens with one attached hydrogen (secondary N) is 1. The van der Waals surface area contributed by atoms with E-state index < -0.39 is 35.5 Å². The Morgan fingerprint density at radius 1 is 1.24 bits per heavy atom. The number of carbonyl (C=O) groups is 3. The van der Waals surface area contributed by atoms with E-state index in [1.165, 1.54) is 6.07 Å². The minimum absolute atomic E-state index is 0.145. The van der Waals surface area contributed by atoms with Gasteiger partial charge in [0.15, 0.2) is 11.6 Å². The molecule has 0 heterocycles. The predicted octanol–water partition coefficient (Wildman–Crippen LogP) is 0.342. The molecule has 0 radical (unpaired) electrons. The highest BCUT2D eigenvalue weighted by Crippen LogP contribution is 2.09. The molecular weight excluding hydrogens is 286 g/mol. The van der Waals surface area contributed by atoms with Crippen molar-refractivity contribution in [2.24, 2.45) is 5.73 Å². The molecule has 0 fully saturated rings. The van der Waals surface area contributed by atoms with Gasteiger partial charge in [0.1, 0.15) is 6.04 Å². The van der Waals surface area contributed by atoms with Crippen LogP contribution in [0, 0.1) is 11.6 Å². The van der Waals surface area contributed by atoms with Crippen molar-refractivity contribution in [3.8, 4) is 0 Å². The fourth-order valence-electron chi connectivity index (χ4n) is 1.62. The summed E-state index contributed by atoms with van der Waals surface area (Å²) in [7, 11) is 0. The molecule has 1 aromatic carbocycles. The summed E-state index contributed by atoms with van der Waals surface area (Å²) in [5.41, 5.74) is 5.10. The second kappa shape index (κ2) is 7.32. The number of hydrogen-bond donors (Lipinski definition) is 3. The molecule has 1 atom stereocenters. The molecule has 0 unspecified atom stereocenters. The Kier molecular flexibility index (Phi) is 5.77. The lowest BCUT2D eigenvalue weighted by Crippen LogP contribution is -2.42. The quantitative estimate of drug-likeness (QED) is 0.674. The zero-order valence-corrected chi connectivity index (χ0v) is 10.9. The minimum Gasteiger partial charge on any atom is -0.480 e. The third kappa shape index (κ3) is 5.55. The third-order valence-corrected chi connectivity index (χ3v) is 2.66. The fourth-order valence-corrected chi connectivity index (χ4v) is 1.62. The molecule has 0 aliphatic rings. The average molecular weight is 300 g/mol. The molecule has 6 nitrogen and oxygen atoms in total. The van der Waals surface area contributed by atoms with Gasteiger partial charge in [-0.15, -0.1) is 0 Å². The fraction of sp³-hybridized carbons (Fsp3) is 0.308. The summed E-state index contributed by atoms with van der Waals surface area (Å²) >= 11 is 0. The van der Waals surface area contributed by atoms with E-state index in [1.807, 2.05) is 0 Å². The second-order valence-corrected chi connectivity index (χ2v) is 4.39. The van der Waals surface area contributed by atoms with Crippen LogP contribution in [-0.4, -0.2) is 28.9 Å². The number of carbonyl (C=O) groups excluding carboxylic acids is 2. The van der Waals surface area contributed by atoms with Crippen LogP contribution in [0.3, 0.4) is 0 Å². The molecule has 4 N–H and O–H groups in total. The molecule has 1 aromatic rings. The Morgan fingerprint density at radius 3 is 2.43 bits per heavy atom. The molecule has 114 valence electrons. The summed E-state index contributed by atoms with van der Waals surface area (Å²) in [5.74, 6) is -4.81. The van der Waals surface area contributed by atoms with Crippen molar-refractivity contribution in [1.29, 1.82) is 0 Å². The van der Waals surface area contributed by atoms with Crippen LogP contribution in [0.1, 0.15) is 18.4 Å². The second-order valence-electron chi connectivity index (χ2n) is 4.39. The van der Waals surface area contributed by atoms with Gasteiger partial charge in [-0.25, -0.2) is 13.6 Å². The third-order valence-electron chi connectivity index (χ3n) is 2.66. The van der Waals surface area contributed by atoms with Crippen molar-refractivity contribution < 1.29 is 28.3 Å². The van der Waals surface area contributed by atoms with E-state index in [-0.39, 0.29) is 24.8 Å². The summed E-state index contributed by atoms with van der Waals surface area (Å²) < 4.78 is 25.7. The molecule has 8 heteroatoms. The van der Waals surface area contributed by atoms with Crippen molar-refractivity contribution >= 4 is 17.8 Å². The van der Waals surface area contributed by atoms with Gasteiger partial charge < -0.3 is 16.2 Å². The number of carboxylic acids is 1. The molecular formula is C13H14F2N2O4. The van der Waals surface area contributed by atoms with Gasteiger partial charge in [0.2, 0.25) is 11.8 Å². The molecule has 21 heavy (non-hydrogen) atoms. The Labute approximate surface area is 118 Å². The van der Waals surface area contributed by atoms with Crippen molar-refractivity contribution in [2.75, 3.05) is 0 Å². The molecule has 1 rings (SSSR count). The number of halogens is 2. The number of carboxylic acid groups (broad SMARTS) is 1. The SMILES string of the molecule is NC(=O)CC[C@H](NC(=O)Cc1ccc(F)c(F)c1)C(=O)O. The first-order valence-electron chi connectivity index (χ1n) is 6.04. The zero-order valence-electron chi connectivity index (χ0n) is 10.9. The number of amides is 2. The lowest BCUT2D eigenvalue weighted by molar-refractivity contribution is -0.142. The van der Waals surface area contributed by atoms with E-state index in [2.05, 4.69) is 5.32 Å². The largest absolute Gasteiger partial charge is 0.480 e. The van der Waals surface area contributed by atoms with E-state index in [4.69, 9.17) is 10.8 Å². The maximum Gasteiger partial charge on any atom is 0.326 e. The summed E-state index contributed by atoms with van der Waals surface area (Å²) in [6, 6.07) is 1.68. The maximum atomic E-state index is 13.0. The summed E-state index contributed by atoms with van der Waals surface area (Å²) in [6.07, 6.45) is -0.645. The van der Waals surface area contributed by atoms with Gasteiger partial charge in [-0.2, -0.15) is 0 Å². The Morgan fingerprint density at radius 2 is 1.90 bits per heavy atom. The molecule has 0 saturated carbocycles. The van der Waals surface area contributed by atoms with Crippen molar-refractivity contribution in [3.63, 3.8) is 0 Å². The Bertz CT molecular complexity index is 563. The lowest BCUT2D eigenvalue weighted by atomic mass is 10.1. The normalized spacial score (nSPS) is 11.7. The molecule has 0 aromatic heterocycles. The number of primary amides is 1. The highest BCUT2D eigenvalue weighted by Gasteiger charge is 2.20. The Hall–Kier alpha value is -2.51. The van der Waals surface area contributed by atoms with Crippen LogP contribution in [0.25, 0.3) is 0 Å². The Balaban J connectivity index is 2.62. The van der Waals surface area contributed by atoms with E-state index in [0.29, 0.717) is 0 Å². The van der Waals surface area contributed by atoms with Gasteiger partial charge in [-0.05, 0) is 24.1 Å². The molecule has 0 aliphatic carbocycles. The van der Waals surface area contributed by atoms with Crippen LogP contribution in [0.5, 0.6) is 0 Å². The van der Waals surface area contributed by atoms with Gasteiger partial charge >= 0.3 is 5.97 Å². The first kappa shape index (κ1) is 16.5. The maximum absolute atomic E-state index is 13.0. The number of nitrogens with two attached hydrogens (primary N) is 1. The van der Waals surface area contributed by atoms with Crippen LogP contribution in [-0.2, 0) is 20.8 Å². The van der Waals surface area contributed by atoms with Crippen molar-refractivity contribution in [1.82, 2.24) is 5.32 Å². The van der Waals surface area contributed by atoms with E-state index >= 15 is 0 Å². The van der Waals surface area contributed by atoms with Crippen molar-refractivity contribution in [3.05, 3.63) is 35.4 Å². The summed E-state index contributed by atoms with van der Waals surface area (Å²) in [6.45, 7) is 0. The van der Waals surface area contributed by atoms with Crippen LogP contribution in [0.4, 0.5) is 8.78 Å². The topological polar surface area (TPSA) is 109 Å². The molecule has 0 saturated heterocycles. The molecule has 2 amide bonds. The van der Waals surface area contributed by atoms with Crippen molar-refractivity contribution in [2.45, 2.75) is 25.3 Å². The average Bonchev–Trinajstić information content (AvgIpc) is 2.38. The first-order chi connectivity index (χ1) is 9.79. The van der Waals surface area contributed by atoms with Gasteiger partial charge in [0, 0.05) is 6.42 Å². The van der Waals surface area contributed by atoms with E-state index in [0.717, 1.165) is 12.1 Å². The van der Waals surface area contributed by atoms with Gasteiger partial charge in [-0.3, -0.25) is 9.59 Å². The van der Waals surface area contributed by atoms with Gasteiger partial charge in [0.25, 0.3) is 0 Å². The lowest BCUT2D eigenvalue weighted by Gasteiger charge is -2.13. The van der Waals surface area contributed by atoms with Crippen LogP contribution < -0.4 is 11.1 Å². The zero-order chi connectivity index (χ0) is 16.0. The monoisotopic (exact) mass is 300 g/mol. The van der Waals surface area contributed by atoms with Crippen LogP contribution in [0.2, 0.25) is 0 Å². The predicted molar refractivity (Wildman–Crippen MR) is 68.1 cm³/mol. The highest BCUT2D eigenvalue weighted by atomic mass is 19.2. The van der Waals surface area contributed by atoms with E-state index in [9.17, 15) is 23.2 Å². The van der Waals surface area contributed by atoms with Gasteiger partial charge in [0.05, 0.1) is 6.42 Å². The minimum atomic E-state index is -1.31. The molecule has 0 spiro atoms. The van der Waals surface area contributed by atoms with E-state index in [1.54, 1.807) is 0 Å². The number of hydrogen-bond acceptors (Lipinski definition) is 3. The molecule has 0 aliphatic heterocycles. The molecule has 0 bridgehead atoms. The standard InChI is InChI=1S/C13H14F2N2O4/c14-8-2-1-7(5-9(8)15)6-12(19)17-10(13(20)21)3-4-11(16)18/h1-2,5,10H,3-4,6H2,(H2,16,18)(H,17,19)(H,20,21)/t10-/m0/s1. The van der Waals surface area contributed by atoms with Crippen LogP contribution in [0.15, 0.2) is 18.2 Å². The first-order valence-corrected chi connectivity index (χ1v) is 6.04. The van der Waals surface area contributed by atoms with Gasteiger partial charge in [-0.1, -0.05) is 6.07 Å². The highest BCUT2D eigenvalue weighted by molar-refractivity contribution is 5.85. The smallest absolute Gasteiger partial charge is 0.326 e. The number of aliphatic carboxylic acids is 1. The van der Waals surface area contributed by atoms with Crippen LogP contribution >= 0.6 is 0 Å². The number of rotatable bonds is 7. The number of benzene rings is 1. The summed E-state index contributed by atoms with van der Waals surface area (Å²) in [5, 5.41) is 11.1.